The molecule has 2 heterocycles. The summed E-state index contributed by atoms with van der Waals surface area (Å²) in [7, 11) is 1.68. The van der Waals surface area contributed by atoms with E-state index >= 15 is 0 Å². The van der Waals surface area contributed by atoms with E-state index in [2.05, 4.69) is 105 Å². The van der Waals surface area contributed by atoms with Crippen LogP contribution in [0.2, 0.25) is 0 Å². The molecule has 1 unspecified atom stereocenters. The molecule has 9 rings (SSSR count). The van der Waals surface area contributed by atoms with Gasteiger partial charge in [-0.3, -0.25) is 0 Å². The van der Waals surface area contributed by atoms with Crippen LogP contribution >= 0.6 is 0 Å². The van der Waals surface area contributed by atoms with Gasteiger partial charge in [-0.1, -0.05) is 86.7 Å². The lowest BCUT2D eigenvalue weighted by Crippen LogP contribution is -2.35. The number of nitriles is 1. The number of hydrogen-bond donors (Lipinski definition) is 0. The lowest BCUT2D eigenvalue weighted by atomic mass is 9.76. The maximum Gasteiger partial charge on any atom is 0.178 e. The van der Waals surface area contributed by atoms with Gasteiger partial charge in [-0.25, -0.2) is 0 Å². The number of fused-ring (bicyclic) bond motifs is 11. The number of ether oxygens (including phenoxy) is 2. The lowest BCUT2D eigenvalue weighted by Gasteiger charge is -2.38. The molecule has 7 aromatic rings. The van der Waals surface area contributed by atoms with Crippen molar-refractivity contribution >= 4 is 38.8 Å². The highest BCUT2D eigenvalue weighted by Gasteiger charge is 2.44. The summed E-state index contributed by atoms with van der Waals surface area (Å²) in [6.45, 7) is 4.51. The van der Waals surface area contributed by atoms with E-state index in [0.717, 1.165) is 66.5 Å². The molecule has 1 aliphatic carbocycles. The quantitative estimate of drug-likeness (QED) is 0.204. The second kappa shape index (κ2) is 9.36. The zero-order valence-electron chi connectivity index (χ0n) is 25.7. The molecule has 0 saturated carbocycles. The van der Waals surface area contributed by atoms with Gasteiger partial charge >= 0.3 is 0 Å². The van der Waals surface area contributed by atoms with E-state index < -0.39 is 5.60 Å². The predicted molar refractivity (Wildman–Crippen MR) is 183 cm³/mol. The Kier molecular flexibility index (Phi) is 5.41. The van der Waals surface area contributed by atoms with Crippen molar-refractivity contribution in [2.75, 3.05) is 7.11 Å². The highest BCUT2D eigenvalue weighted by Crippen LogP contribution is 2.58. The fourth-order valence-electron chi connectivity index (χ4n) is 7.78. The van der Waals surface area contributed by atoms with E-state index in [1.807, 2.05) is 36.4 Å². The molecule has 0 fully saturated rings. The molecule has 6 aromatic carbocycles. The Morgan fingerprint density at radius 1 is 0.717 bits per heavy atom. The fraction of sp³-hybridized carbons (Fsp3) is 0.119. The van der Waals surface area contributed by atoms with Crippen LogP contribution in [0.15, 0.2) is 120 Å². The number of furan rings is 1. The third-order valence-corrected chi connectivity index (χ3v) is 9.99. The first-order valence-corrected chi connectivity index (χ1v) is 15.5. The third kappa shape index (κ3) is 3.49. The number of hydrogen-bond acceptors (Lipinski definition) is 4. The smallest absolute Gasteiger partial charge is 0.178 e. The summed E-state index contributed by atoms with van der Waals surface area (Å²) < 4.78 is 19.2. The van der Waals surface area contributed by atoms with E-state index in [1.165, 1.54) is 16.7 Å². The van der Waals surface area contributed by atoms with Crippen LogP contribution in [0.1, 0.15) is 47.2 Å². The average molecular weight is 596 g/mol. The Labute approximate surface area is 266 Å². The minimum absolute atomic E-state index is 0.339. The highest BCUT2D eigenvalue weighted by atomic mass is 16.5. The molecule has 1 aliphatic heterocycles. The van der Waals surface area contributed by atoms with Gasteiger partial charge < -0.3 is 13.9 Å². The van der Waals surface area contributed by atoms with Gasteiger partial charge in [0.1, 0.15) is 22.7 Å². The maximum absolute atomic E-state index is 9.74. The molecule has 46 heavy (non-hydrogen) atoms. The lowest BCUT2D eigenvalue weighted by molar-refractivity contribution is 0.163. The van der Waals surface area contributed by atoms with Gasteiger partial charge in [0.15, 0.2) is 5.60 Å². The number of methoxy groups -OCH3 is 1. The third-order valence-electron chi connectivity index (χ3n) is 9.99. The minimum atomic E-state index is -0.924. The molecule has 1 aromatic heterocycles. The van der Waals surface area contributed by atoms with E-state index in [9.17, 15) is 5.26 Å². The molecule has 4 nitrogen and oxygen atoms in total. The molecule has 0 amide bonds. The summed E-state index contributed by atoms with van der Waals surface area (Å²) >= 11 is 0. The molecule has 0 radical (unpaired) electrons. The van der Waals surface area contributed by atoms with E-state index in [1.54, 1.807) is 7.11 Å². The maximum atomic E-state index is 9.74. The number of para-hydroxylation sites is 1. The van der Waals surface area contributed by atoms with Crippen molar-refractivity contribution in [1.29, 1.82) is 5.26 Å². The van der Waals surface area contributed by atoms with Crippen molar-refractivity contribution in [3.05, 3.63) is 149 Å². The Balaban J connectivity index is 1.34. The van der Waals surface area contributed by atoms with E-state index in [0.29, 0.717) is 5.56 Å². The van der Waals surface area contributed by atoms with Crippen LogP contribution in [-0.2, 0) is 11.0 Å². The van der Waals surface area contributed by atoms with Gasteiger partial charge in [-0.2, -0.15) is 5.26 Å². The number of benzene rings is 6. The van der Waals surface area contributed by atoms with Crippen LogP contribution in [0.3, 0.4) is 0 Å². The normalized spacial score (nSPS) is 17.3. The van der Waals surface area contributed by atoms with Crippen LogP contribution in [0, 0.1) is 11.3 Å². The van der Waals surface area contributed by atoms with Gasteiger partial charge in [0.25, 0.3) is 0 Å². The molecule has 0 spiro atoms. The van der Waals surface area contributed by atoms with Crippen LogP contribution < -0.4 is 9.47 Å². The van der Waals surface area contributed by atoms with Gasteiger partial charge in [0, 0.05) is 38.3 Å². The predicted octanol–water partition coefficient (Wildman–Crippen LogP) is 10.3. The zero-order valence-corrected chi connectivity index (χ0v) is 25.7. The summed E-state index contributed by atoms with van der Waals surface area (Å²) in [6, 6.07) is 39.6. The first-order valence-electron chi connectivity index (χ1n) is 15.5. The Hall–Kier alpha value is -5.79. The SMILES string of the molecule is COc1ccc(C2(c3ccc4oc5ccccc5c4c3)C=Cc3c4c(c5ccccc5c3O2)-c2ccc(C#N)cc2C4(C)C)cc1. The molecule has 0 N–H and O–H groups in total. The Morgan fingerprint density at radius 2 is 1.43 bits per heavy atom. The topological polar surface area (TPSA) is 55.4 Å². The summed E-state index contributed by atoms with van der Waals surface area (Å²) in [5.74, 6) is 1.64. The van der Waals surface area contributed by atoms with Crippen molar-refractivity contribution in [3.8, 4) is 28.7 Å². The average Bonchev–Trinajstić information content (AvgIpc) is 3.59. The first-order chi connectivity index (χ1) is 22.4. The van der Waals surface area contributed by atoms with Crippen LogP contribution in [0.25, 0.3) is 49.9 Å². The van der Waals surface area contributed by atoms with E-state index in [-0.39, 0.29) is 5.41 Å². The van der Waals surface area contributed by atoms with Crippen molar-refractivity contribution < 1.29 is 13.9 Å². The zero-order chi connectivity index (χ0) is 31.2. The molecular weight excluding hydrogens is 566 g/mol. The monoisotopic (exact) mass is 595 g/mol. The first kappa shape index (κ1) is 26.6. The second-order valence-electron chi connectivity index (χ2n) is 12.7. The summed E-state index contributed by atoms with van der Waals surface area (Å²) in [5.41, 5.74) is 8.97. The van der Waals surface area contributed by atoms with Crippen molar-refractivity contribution in [3.63, 3.8) is 0 Å². The summed E-state index contributed by atoms with van der Waals surface area (Å²) in [6.07, 6.45) is 4.46. The Bertz CT molecular complexity index is 2470. The fourth-order valence-corrected chi connectivity index (χ4v) is 7.78. The van der Waals surface area contributed by atoms with Crippen molar-refractivity contribution in [2.24, 2.45) is 0 Å². The van der Waals surface area contributed by atoms with Gasteiger partial charge in [0.2, 0.25) is 0 Å². The molecular formula is C42H29NO3. The summed E-state index contributed by atoms with van der Waals surface area (Å²) in [5, 5.41) is 14.1. The molecule has 220 valence electrons. The molecule has 0 saturated heterocycles. The van der Waals surface area contributed by atoms with Crippen molar-refractivity contribution in [2.45, 2.75) is 24.9 Å². The van der Waals surface area contributed by atoms with Gasteiger partial charge in [-0.15, -0.1) is 0 Å². The molecule has 0 bridgehead atoms. The van der Waals surface area contributed by atoms with Crippen LogP contribution in [-0.4, -0.2) is 7.11 Å². The van der Waals surface area contributed by atoms with Crippen LogP contribution in [0.4, 0.5) is 0 Å². The van der Waals surface area contributed by atoms with Gasteiger partial charge in [0.05, 0.1) is 18.7 Å². The molecule has 2 aliphatic rings. The molecule has 4 heteroatoms. The number of rotatable bonds is 3. The minimum Gasteiger partial charge on any atom is -0.497 e. The van der Waals surface area contributed by atoms with Crippen LogP contribution in [0.5, 0.6) is 11.5 Å². The number of nitrogens with zero attached hydrogens (tertiary/aromatic N) is 1. The van der Waals surface area contributed by atoms with Gasteiger partial charge in [-0.05, 0) is 76.2 Å². The highest BCUT2D eigenvalue weighted by molar-refractivity contribution is 6.09. The van der Waals surface area contributed by atoms with Crippen molar-refractivity contribution in [1.82, 2.24) is 0 Å². The largest absolute Gasteiger partial charge is 0.497 e. The molecule has 1 atom stereocenters. The second-order valence-corrected chi connectivity index (χ2v) is 12.7. The Morgan fingerprint density at radius 3 is 2.22 bits per heavy atom. The standard InChI is InChI=1S/C42H29NO3/c1-41(2)35-22-25(24-43)12-18-32(35)38-30-9-4-5-10-31(30)40-33(39(38)41)20-21-42(46-40,26-13-16-28(44-3)17-14-26)27-15-19-37-34(23-27)29-8-6-7-11-36(29)45-37/h4-23H,1-3H3. The van der Waals surface area contributed by atoms with E-state index in [4.69, 9.17) is 13.9 Å². The summed E-state index contributed by atoms with van der Waals surface area (Å²) in [4.78, 5) is 0.